The molecule has 0 bridgehead atoms. The molecule has 1 aliphatic heterocycles. The van der Waals surface area contributed by atoms with Gasteiger partial charge in [-0.05, 0) is 25.2 Å². The monoisotopic (exact) mass is 581 g/mol. The first-order valence-electron chi connectivity index (χ1n) is 13.2. The Morgan fingerprint density at radius 3 is 2.30 bits per heavy atom. The van der Waals surface area contributed by atoms with E-state index in [0.717, 1.165) is 5.56 Å². The average Bonchev–Trinajstić information content (AvgIpc) is 2.89. The van der Waals surface area contributed by atoms with Crippen LogP contribution in [0.3, 0.4) is 0 Å². The summed E-state index contributed by atoms with van der Waals surface area (Å²) in [4.78, 5) is 60.3. The zero-order valence-corrected chi connectivity index (χ0v) is 24.4. The number of nitrogens with one attached hydrogen (secondary N) is 1. The largest absolute Gasteiger partial charge is 0.466 e. The number of benzene rings is 1. The standard InChI is InChI=1S/C28H39NO10S/c1-6-40-28-26(39-23(33)13-12-17(2)30)25(36-16-21-10-8-7-9-11-21)24(18(3)37-28)29-27(34)22(38-20(5)32)14-15-35-19(4)31/h7-11,18,22,24-26,28H,6,12-16H2,1-5H3,(H,29,34)/t18-,22-,24-,25+,26+,28+/m1/s1. The first kappa shape index (κ1) is 33.2. The van der Waals surface area contributed by atoms with Crippen LogP contribution in [0, 0.1) is 0 Å². The number of carbonyl (C=O) groups is 5. The minimum atomic E-state index is -1.24. The van der Waals surface area contributed by atoms with Crippen molar-refractivity contribution in [1.82, 2.24) is 5.32 Å². The Balaban J connectivity index is 2.34. The molecule has 0 radical (unpaired) electrons. The smallest absolute Gasteiger partial charge is 0.306 e. The van der Waals surface area contributed by atoms with Gasteiger partial charge in [0.05, 0.1) is 31.8 Å². The van der Waals surface area contributed by atoms with Gasteiger partial charge in [0, 0.05) is 26.7 Å². The Bertz CT molecular complexity index is 1000. The summed E-state index contributed by atoms with van der Waals surface area (Å²) in [6.45, 7) is 7.54. The highest BCUT2D eigenvalue weighted by Gasteiger charge is 2.48. The van der Waals surface area contributed by atoms with Gasteiger partial charge in [0.15, 0.2) is 12.2 Å². The third-order valence-electron chi connectivity index (χ3n) is 5.96. The Morgan fingerprint density at radius 2 is 1.70 bits per heavy atom. The van der Waals surface area contributed by atoms with Crippen molar-refractivity contribution in [3.8, 4) is 0 Å². The highest BCUT2D eigenvalue weighted by molar-refractivity contribution is 7.99. The Kier molecular flexibility index (Phi) is 14.1. The molecule has 0 spiro atoms. The fourth-order valence-corrected chi connectivity index (χ4v) is 5.07. The molecule has 1 amide bonds. The predicted octanol–water partition coefficient (Wildman–Crippen LogP) is 2.72. The molecule has 1 fully saturated rings. The second-order valence-corrected chi connectivity index (χ2v) is 10.7. The van der Waals surface area contributed by atoms with Crippen LogP contribution in [0.1, 0.15) is 59.4 Å². The van der Waals surface area contributed by atoms with Crippen LogP contribution in [0.25, 0.3) is 0 Å². The first-order valence-corrected chi connectivity index (χ1v) is 14.3. The van der Waals surface area contributed by atoms with Crippen molar-refractivity contribution in [2.45, 2.75) is 96.4 Å². The summed E-state index contributed by atoms with van der Waals surface area (Å²) in [5.41, 5.74) is 0.274. The summed E-state index contributed by atoms with van der Waals surface area (Å²) >= 11 is 1.43. The van der Waals surface area contributed by atoms with Crippen molar-refractivity contribution in [3.63, 3.8) is 0 Å². The van der Waals surface area contributed by atoms with E-state index in [-0.39, 0.29) is 38.3 Å². The molecule has 11 nitrogen and oxygen atoms in total. The molecule has 1 heterocycles. The van der Waals surface area contributed by atoms with Gasteiger partial charge < -0.3 is 33.8 Å². The predicted molar refractivity (Wildman–Crippen MR) is 146 cm³/mol. The number of amides is 1. The van der Waals surface area contributed by atoms with Crippen LogP contribution in [0.5, 0.6) is 0 Å². The maximum atomic E-state index is 13.3. The van der Waals surface area contributed by atoms with Gasteiger partial charge in [-0.15, -0.1) is 11.8 Å². The number of rotatable bonds is 15. The molecule has 2 rings (SSSR count). The van der Waals surface area contributed by atoms with E-state index in [1.54, 1.807) is 6.92 Å². The SMILES string of the molecule is CCS[C@@H]1O[C@H](C)[C@@H](NC(=O)[C@@H](CCOC(C)=O)OC(C)=O)[C@H](OCc2ccccc2)[C@@H]1OC(=O)CCC(C)=O. The molecule has 1 aliphatic rings. The molecule has 0 unspecified atom stereocenters. The van der Waals surface area contributed by atoms with Gasteiger partial charge in [-0.25, -0.2) is 0 Å². The summed E-state index contributed by atoms with van der Waals surface area (Å²) in [5.74, 6) is -1.91. The number of ether oxygens (including phenoxy) is 5. The molecule has 0 saturated carbocycles. The summed E-state index contributed by atoms with van der Waals surface area (Å²) in [7, 11) is 0. The van der Waals surface area contributed by atoms with E-state index >= 15 is 0 Å². The van der Waals surface area contributed by atoms with Gasteiger partial charge in [0.25, 0.3) is 5.91 Å². The molecular weight excluding hydrogens is 542 g/mol. The highest BCUT2D eigenvalue weighted by atomic mass is 32.2. The molecule has 0 aliphatic carbocycles. The number of esters is 3. The van der Waals surface area contributed by atoms with Crippen LogP contribution in [-0.2, 0) is 54.3 Å². The van der Waals surface area contributed by atoms with Crippen molar-refractivity contribution in [2.75, 3.05) is 12.4 Å². The Hall–Kier alpha value is -2.96. The van der Waals surface area contributed by atoms with Gasteiger partial charge in [-0.3, -0.25) is 19.2 Å². The fourth-order valence-electron chi connectivity index (χ4n) is 4.09. The number of thioether (sulfide) groups is 1. The highest BCUT2D eigenvalue weighted by Crippen LogP contribution is 2.33. The fraction of sp³-hybridized carbons (Fsp3) is 0.607. The summed E-state index contributed by atoms with van der Waals surface area (Å²) in [6, 6.07) is 8.57. The molecule has 40 heavy (non-hydrogen) atoms. The minimum absolute atomic E-state index is 0.0382. The second-order valence-electron chi connectivity index (χ2n) is 9.34. The van der Waals surface area contributed by atoms with E-state index < -0.39 is 59.7 Å². The quantitative estimate of drug-likeness (QED) is 0.241. The normalized spacial score (nSPS) is 23.0. The lowest BCUT2D eigenvalue weighted by atomic mass is 9.96. The number of hydrogen-bond acceptors (Lipinski definition) is 11. The number of ketones is 1. The van der Waals surface area contributed by atoms with Crippen LogP contribution in [0.4, 0.5) is 0 Å². The van der Waals surface area contributed by atoms with Gasteiger partial charge >= 0.3 is 17.9 Å². The minimum Gasteiger partial charge on any atom is -0.466 e. The maximum Gasteiger partial charge on any atom is 0.306 e. The first-order chi connectivity index (χ1) is 19.0. The van der Waals surface area contributed by atoms with Crippen LogP contribution < -0.4 is 5.32 Å². The lowest BCUT2D eigenvalue weighted by molar-refractivity contribution is -0.199. The van der Waals surface area contributed by atoms with Crippen LogP contribution in [0.2, 0.25) is 0 Å². The Morgan fingerprint density at radius 1 is 1.00 bits per heavy atom. The van der Waals surface area contributed by atoms with E-state index in [0.29, 0.717) is 5.75 Å². The lowest BCUT2D eigenvalue weighted by Crippen LogP contribution is -2.64. The summed E-state index contributed by atoms with van der Waals surface area (Å²) in [5, 5.41) is 2.85. The molecular formula is C28H39NO10S. The number of hydrogen-bond donors (Lipinski definition) is 1. The van der Waals surface area contributed by atoms with E-state index in [4.69, 9.17) is 23.7 Å². The van der Waals surface area contributed by atoms with Crippen LogP contribution >= 0.6 is 11.8 Å². The van der Waals surface area contributed by atoms with E-state index in [9.17, 15) is 24.0 Å². The molecule has 222 valence electrons. The molecule has 12 heteroatoms. The molecule has 0 aromatic heterocycles. The van der Waals surface area contributed by atoms with Crippen molar-refractivity contribution in [1.29, 1.82) is 0 Å². The van der Waals surface area contributed by atoms with Crippen molar-refractivity contribution in [2.24, 2.45) is 0 Å². The van der Waals surface area contributed by atoms with Crippen LogP contribution in [0.15, 0.2) is 30.3 Å². The number of carbonyl (C=O) groups excluding carboxylic acids is 5. The van der Waals surface area contributed by atoms with E-state index in [1.165, 1.54) is 32.5 Å². The zero-order chi connectivity index (χ0) is 29.7. The summed E-state index contributed by atoms with van der Waals surface area (Å²) < 4.78 is 28.4. The van der Waals surface area contributed by atoms with Gasteiger partial charge in [0.1, 0.15) is 17.3 Å². The van der Waals surface area contributed by atoms with Crippen molar-refractivity contribution >= 4 is 41.4 Å². The third-order valence-corrected chi connectivity index (χ3v) is 7.00. The molecule has 1 saturated heterocycles. The molecule has 1 aromatic carbocycles. The van der Waals surface area contributed by atoms with Gasteiger partial charge in [0.2, 0.25) is 0 Å². The van der Waals surface area contributed by atoms with Crippen molar-refractivity contribution in [3.05, 3.63) is 35.9 Å². The molecule has 1 aromatic rings. The summed E-state index contributed by atoms with van der Waals surface area (Å²) in [6.07, 6.45) is -3.69. The lowest BCUT2D eigenvalue weighted by Gasteiger charge is -2.45. The maximum absolute atomic E-state index is 13.3. The third kappa shape index (κ3) is 11.3. The topological polar surface area (TPSA) is 144 Å². The van der Waals surface area contributed by atoms with E-state index in [2.05, 4.69) is 5.32 Å². The average molecular weight is 582 g/mol. The number of Topliss-reactive ketones (excluding diaryl/α,β-unsaturated/α-hetero) is 1. The van der Waals surface area contributed by atoms with Crippen LogP contribution in [-0.4, -0.2) is 77.9 Å². The second kappa shape index (κ2) is 17.0. The van der Waals surface area contributed by atoms with Crippen molar-refractivity contribution < 1.29 is 47.7 Å². The van der Waals surface area contributed by atoms with Gasteiger partial charge in [-0.1, -0.05) is 37.3 Å². The Labute approximate surface area is 239 Å². The zero-order valence-electron chi connectivity index (χ0n) is 23.6. The van der Waals surface area contributed by atoms with E-state index in [1.807, 2.05) is 37.3 Å². The molecule has 6 atom stereocenters. The molecule has 1 N–H and O–H groups in total. The van der Waals surface area contributed by atoms with Gasteiger partial charge in [-0.2, -0.15) is 0 Å².